The van der Waals surface area contributed by atoms with Gasteiger partial charge in [0.25, 0.3) is 0 Å². The number of carbonyl (C=O) groups is 2. The third-order valence-corrected chi connectivity index (χ3v) is 5.63. The lowest BCUT2D eigenvalue weighted by Gasteiger charge is -2.18. The monoisotopic (exact) mass is 540 g/mol. The van der Waals surface area contributed by atoms with E-state index in [2.05, 4.69) is 26.2 Å². The number of carbonyl (C=O) groups excluding carboxylic acids is 2. The first-order valence-corrected chi connectivity index (χ1v) is 11.6. The molecule has 8 nitrogen and oxygen atoms in total. The van der Waals surface area contributed by atoms with Gasteiger partial charge >= 0.3 is 6.18 Å². The molecule has 4 rings (SSSR count). The summed E-state index contributed by atoms with van der Waals surface area (Å²) in [5.74, 6) is -1.16. The summed E-state index contributed by atoms with van der Waals surface area (Å²) in [6.07, 6.45) is -0.206. The summed E-state index contributed by atoms with van der Waals surface area (Å²) in [6.45, 7) is 0. The molecule has 0 radical (unpaired) electrons. The largest absolute Gasteiger partial charge is 0.416 e. The first kappa shape index (κ1) is 26.6. The molecule has 12 heteroatoms. The molecule has 0 saturated carbocycles. The van der Waals surface area contributed by atoms with E-state index < -0.39 is 29.6 Å². The van der Waals surface area contributed by atoms with Crippen molar-refractivity contribution in [2.75, 3.05) is 5.32 Å². The van der Waals surface area contributed by atoms with Gasteiger partial charge in [0.05, 0.1) is 11.3 Å². The van der Waals surface area contributed by atoms with Gasteiger partial charge < -0.3 is 10.6 Å². The second kappa shape index (κ2) is 11.7. The Labute approximate surface area is 220 Å². The third-order valence-electron chi connectivity index (χ3n) is 5.40. The Kier molecular flexibility index (Phi) is 8.17. The second-order valence-electron chi connectivity index (χ2n) is 8.11. The van der Waals surface area contributed by atoms with Crippen molar-refractivity contribution in [2.24, 2.45) is 0 Å². The van der Waals surface area contributed by atoms with Crippen LogP contribution in [0.5, 0.6) is 0 Å². The summed E-state index contributed by atoms with van der Waals surface area (Å²) in [4.78, 5) is 25.9. The fourth-order valence-electron chi connectivity index (χ4n) is 3.56. The average Bonchev–Trinajstić information content (AvgIpc) is 3.42. The van der Waals surface area contributed by atoms with Crippen molar-refractivity contribution in [3.63, 3.8) is 0 Å². The first-order chi connectivity index (χ1) is 18.2. The molecular formula is C26H20ClF3N6O2. The Morgan fingerprint density at radius 3 is 2.42 bits per heavy atom. The molecule has 2 N–H and O–H groups in total. The highest BCUT2D eigenvalue weighted by molar-refractivity contribution is 6.30. The van der Waals surface area contributed by atoms with Crippen LogP contribution in [0, 0.1) is 0 Å². The van der Waals surface area contributed by atoms with Crippen molar-refractivity contribution in [1.82, 2.24) is 25.5 Å². The van der Waals surface area contributed by atoms with Gasteiger partial charge in [0.15, 0.2) is 0 Å². The van der Waals surface area contributed by atoms with Crippen molar-refractivity contribution in [3.8, 4) is 5.69 Å². The molecule has 38 heavy (non-hydrogen) atoms. The van der Waals surface area contributed by atoms with Crippen LogP contribution in [-0.4, -0.2) is 38.1 Å². The number of amides is 2. The summed E-state index contributed by atoms with van der Waals surface area (Å²) in [6, 6.07) is 17.0. The summed E-state index contributed by atoms with van der Waals surface area (Å²) in [5.41, 5.74) is 1.23. The van der Waals surface area contributed by atoms with Gasteiger partial charge in [0.1, 0.15) is 12.4 Å². The van der Waals surface area contributed by atoms with Crippen molar-refractivity contribution in [2.45, 2.75) is 18.6 Å². The van der Waals surface area contributed by atoms with Crippen LogP contribution in [0.25, 0.3) is 11.8 Å². The number of benzene rings is 3. The minimum absolute atomic E-state index is 0.153. The molecule has 2 amide bonds. The number of tetrazole rings is 1. The lowest BCUT2D eigenvalue weighted by molar-refractivity contribution is -0.137. The van der Waals surface area contributed by atoms with Crippen LogP contribution in [0.2, 0.25) is 5.02 Å². The predicted octanol–water partition coefficient (Wildman–Crippen LogP) is 4.71. The predicted molar refractivity (Wildman–Crippen MR) is 135 cm³/mol. The first-order valence-electron chi connectivity index (χ1n) is 11.2. The minimum Gasteiger partial charge on any atom is -0.340 e. The maximum atomic E-state index is 13.0. The van der Waals surface area contributed by atoms with Crippen molar-refractivity contribution in [1.29, 1.82) is 0 Å². The fraction of sp³-hybridized carbons (Fsp3) is 0.115. The van der Waals surface area contributed by atoms with Crippen molar-refractivity contribution in [3.05, 3.63) is 107 Å². The second-order valence-corrected chi connectivity index (χ2v) is 8.54. The molecule has 0 fully saturated rings. The molecule has 0 aliphatic rings. The van der Waals surface area contributed by atoms with Gasteiger partial charge in [0.2, 0.25) is 11.8 Å². The Balaban J connectivity index is 1.51. The van der Waals surface area contributed by atoms with Gasteiger partial charge in [0, 0.05) is 28.8 Å². The highest BCUT2D eigenvalue weighted by Crippen LogP contribution is 2.30. The molecule has 0 aliphatic carbocycles. The topological polar surface area (TPSA) is 102 Å². The Morgan fingerprint density at radius 2 is 1.76 bits per heavy atom. The molecule has 0 saturated heterocycles. The number of nitrogens with one attached hydrogen (secondary N) is 2. The lowest BCUT2D eigenvalue weighted by Crippen LogP contribution is -2.44. The number of hydrogen-bond acceptors (Lipinski definition) is 5. The number of rotatable bonds is 8. The van der Waals surface area contributed by atoms with E-state index in [1.54, 1.807) is 42.5 Å². The van der Waals surface area contributed by atoms with Gasteiger partial charge in [-0.1, -0.05) is 41.9 Å². The molecule has 0 spiro atoms. The Bertz CT molecular complexity index is 1430. The van der Waals surface area contributed by atoms with Crippen LogP contribution >= 0.6 is 11.6 Å². The molecule has 3 aromatic carbocycles. The number of hydrogen-bond donors (Lipinski definition) is 2. The number of alkyl halides is 3. The van der Waals surface area contributed by atoms with E-state index in [4.69, 9.17) is 11.6 Å². The van der Waals surface area contributed by atoms with E-state index in [0.717, 1.165) is 29.8 Å². The molecular weight excluding hydrogens is 521 g/mol. The van der Waals surface area contributed by atoms with Crippen LogP contribution in [0.1, 0.15) is 16.7 Å². The van der Waals surface area contributed by atoms with E-state index in [0.29, 0.717) is 16.3 Å². The maximum absolute atomic E-state index is 13.0. The van der Waals surface area contributed by atoms with Crippen molar-refractivity contribution < 1.29 is 22.8 Å². The maximum Gasteiger partial charge on any atom is 0.416 e. The van der Waals surface area contributed by atoms with Crippen LogP contribution in [0.4, 0.5) is 18.9 Å². The molecule has 0 aliphatic heterocycles. The summed E-state index contributed by atoms with van der Waals surface area (Å²) in [5, 5.41) is 16.7. The van der Waals surface area contributed by atoms with Gasteiger partial charge in [-0.05, 0) is 64.5 Å². The highest BCUT2D eigenvalue weighted by atomic mass is 35.5. The van der Waals surface area contributed by atoms with E-state index in [9.17, 15) is 22.8 Å². The highest BCUT2D eigenvalue weighted by Gasteiger charge is 2.30. The fourth-order valence-corrected chi connectivity index (χ4v) is 3.74. The lowest BCUT2D eigenvalue weighted by atomic mass is 10.0. The van der Waals surface area contributed by atoms with Gasteiger partial charge in [-0.3, -0.25) is 9.59 Å². The van der Waals surface area contributed by atoms with Crippen LogP contribution in [0.3, 0.4) is 0 Å². The van der Waals surface area contributed by atoms with E-state index >= 15 is 0 Å². The van der Waals surface area contributed by atoms with Crippen LogP contribution in [-0.2, 0) is 22.2 Å². The molecule has 194 valence electrons. The molecule has 1 heterocycles. The SMILES string of the molecule is O=C(C=Cc1cc(Cl)ccc1-n1cnnn1)N[C@@H](Cc1ccccc1)C(=O)Nc1ccc(C(F)(F)F)cc1. The third kappa shape index (κ3) is 7.04. The molecule has 1 atom stereocenters. The quantitative estimate of drug-likeness (QED) is 0.315. The zero-order valence-electron chi connectivity index (χ0n) is 19.6. The van der Waals surface area contributed by atoms with Crippen molar-refractivity contribution >= 4 is 35.2 Å². The van der Waals surface area contributed by atoms with E-state index in [1.807, 2.05) is 6.07 Å². The van der Waals surface area contributed by atoms with Gasteiger partial charge in [-0.25, -0.2) is 0 Å². The van der Waals surface area contributed by atoms with E-state index in [1.165, 1.54) is 23.2 Å². The number of halogens is 4. The average molecular weight is 541 g/mol. The van der Waals surface area contributed by atoms with Crippen LogP contribution < -0.4 is 10.6 Å². The molecule has 0 unspecified atom stereocenters. The number of nitrogens with zero attached hydrogens (tertiary/aromatic N) is 4. The molecule has 4 aromatic rings. The smallest absolute Gasteiger partial charge is 0.340 e. The van der Waals surface area contributed by atoms with Gasteiger partial charge in [-0.15, -0.1) is 5.10 Å². The Hall–Kier alpha value is -4.51. The van der Waals surface area contributed by atoms with Gasteiger partial charge in [-0.2, -0.15) is 17.9 Å². The van der Waals surface area contributed by atoms with E-state index in [-0.39, 0.29) is 12.1 Å². The molecule has 0 bridgehead atoms. The summed E-state index contributed by atoms with van der Waals surface area (Å²) in [7, 11) is 0. The Morgan fingerprint density at radius 1 is 1.03 bits per heavy atom. The zero-order chi connectivity index (χ0) is 27.1. The summed E-state index contributed by atoms with van der Waals surface area (Å²) < 4.78 is 40.0. The summed E-state index contributed by atoms with van der Waals surface area (Å²) >= 11 is 6.11. The molecule has 1 aromatic heterocycles. The minimum atomic E-state index is -4.49. The zero-order valence-corrected chi connectivity index (χ0v) is 20.3. The standard InChI is InChI=1S/C26H20ClF3N6O2/c27-20-9-12-23(36-16-31-34-35-36)18(15-20)6-13-24(37)33-22(14-17-4-2-1-3-5-17)25(38)32-21-10-7-19(8-11-21)26(28,29)30/h1-13,15-16,22H,14H2,(H,32,38)(H,33,37)/t22-/m0/s1. The van der Waals surface area contributed by atoms with Crippen LogP contribution in [0.15, 0.2) is 85.2 Å². The number of aromatic nitrogens is 4. The normalized spacial score (nSPS) is 12.3. The number of anilines is 1.